The molecule has 0 aromatic carbocycles. The third kappa shape index (κ3) is 7.64. The fraction of sp³-hybridized carbons (Fsp3) is 0.714. The van der Waals surface area contributed by atoms with Gasteiger partial charge in [0.1, 0.15) is 6.61 Å². The number of hydrogen-bond donors (Lipinski definition) is 1. The summed E-state index contributed by atoms with van der Waals surface area (Å²) in [5.74, 6) is 0. The summed E-state index contributed by atoms with van der Waals surface area (Å²) >= 11 is 0. The lowest BCUT2D eigenvalue weighted by atomic mass is 9.86. The average molecular weight is 239 g/mol. The van der Waals surface area contributed by atoms with E-state index in [-0.39, 0.29) is 5.41 Å². The van der Waals surface area contributed by atoms with Crippen LogP contribution in [0.15, 0.2) is 17.4 Å². The van der Waals surface area contributed by atoms with Gasteiger partial charge in [0.2, 0.25) is 0 Å². The molecule has 0 saturated carbocycles. The maximum absolute atomic E-state index is 10.6. The Labute approximate surface area is 105 Å². The Kier molecular flexibility index (Phi) is 7.40. The number of carbonyl (C=O) groups is 1. The van der Waals surface area contributed by atoms with Crippen LogP contribution >= 0.6 is 0 Å². The van der Waals surface area contributed by atoms with E-state index in [1.165, 1.54) is 19.3 Å². The van der Waals surface area contributed by atoms with E-state index in [0.29, 0.717) is 6.61 Å². The number of rotatable bonds is 7. The first-order valence-electron chi connectivity index (χ1n) is 6.24. The topological polar surface area (TPSA) is 52.3 Å². The van der Waals surface area contributed by atoms with Crippen LogP contribution in [0.2, 0.25) is 0 Å². The Balaban J connectivity index is 4.28. The highest BCUT2D eigenvalue weighted by atomic mass is 16.5. The predicted molar refractivity (Wildman–Crippen MR) is 70.7 cm³/mol. The second-order valence-electron chi connectivity index (χ2n) is 4.96. The summed E-state index contributed by atoms with van der Waals surface area (Å²) in [4.78, 5) is 10.6. The summed E-state index contributed by atoms with van der Waals surface area (Å²) in [6, 6.07) is 0. The number of primary amides is 1. The zero-order valence-electron chi connectivity index (χ0n) is 11.5. The maximum Gasteiger partial charge on any atom is 0.404 e. The molecule has 0 aromatic rings. The third-order valence-electron chi connectivity index (χ3n) is 2.86. The van der Waals surface area contributed by atoms with E-state index in [1.54, 1.807) is 0 Å². The number of nitrogens with two attached hydrogens (primary N) is 1. The molecule has 0 bridgehead atoms. The van der Waals surface area contributed by atoms with E-state index in [9.17, 15) is 4.79 Å². The summed E-state index contributed by atoms with van der Waals surface area (Å²) in [7, 11) is 0. The molecular formula is C14H25NO2. The van der Waals surface area contributed by atoms with E-state index < -0.39 is 6.09 Å². The third-order valence-corrected chi connectivity index (χ3v) is 2.86. The molecule has 1 amide bonds. The molecular weight excluding hydrogens is 214 g/mol. The van der Waals surface area contributed by atoms with Gasteiger partial charge in [-0.15, -0.1) is 5.73 Å². The van der Waals surface area contributed by atoms with Crippen molar-refractivity contribution >= 4 is 6.09 Å². The summed E-state index contributed by atoms with van der Waals surface area (Å²) in [5.41, 5.74) is 9.09. The molecule has 17 heavy (non-hydrogen) atoms. The number of carbonyl (C=O) groups excluding carboxylic acids is 1. The minimum Gasteiger partial charge on any atom is -0.449 e. The van der Waals surface area contributed by atoms with Gasteiger partial charge >= 0.3 is 6.09 Å². The Morgan fingerprint density at radius 1 is 1.41 bits per heavy atom. The molecule has 0 heterocycles. The molecule has 0 aliphatic heterocycles. The van der Waals surface area contributed by atoms with Crippen LogP contribution < -0.4 is 5.73 Å². The Morgan fingerprint density at radius 3 is 2.59 bits per heavy atom. The van der Waals surface area contributed by atoms with Crippen molar-refractivity contribution in [2.45, 2.75) is 53.4 Å². The summed E-state index contributed by atoms with van der Waals surface area (Å²) in [5, 5.41) is 0. The zero-order valence-corrected chi connectivity index (χ0v) is 11.5. The molecule has 2 N–H and O–H groups in total. The van der Waals surface area contributed by atoms with Gasteiger partial charge in [0.25, 0.3) is 0 Å². The molecule has 3 heteroatoms. The van der Waals surface area contributed by atoms with Gasteiger partial charge < -0.3 is 10.5 Å². The standard InChI is InChI=1S/C14H25NO2/c1-5-6-7-8-9-10-12(2)14(3,4)11-17-13(15)16/h9H,5-8,11H2,1-4H3,(H2,15,16). The van der Waals surface area contributed by atoms with Crippen LogP contribution in [-0.4, -0.2) is 12.7 Å². The van der Waals surface area contributed by atoms with Crippen molar-refractivity contribution in [1.29, 1.82) is 0 Å². The molecule has 0 radical (unpaired) electrons. The first-order chi connectivity index (χ1) is 7.90. The molecule has 0 fully saturated rings. The lowest BCUT2D eigenvalue weighted by Gasteiger charge is -2.23. The Bertz CT molecular complexity index is 299. The maximum atomic E-state index is 10.6. The van der Waals surface area contributed by atoms with Gasteiger partial charge in [-0.25, -0.2) is 4.79 Å². The minimum atomic E-state index is -0.724. The predicted octanol–water partition coefficient (Wildman–Crippen LogP) is 3.79. The van der Waals surface area contributed by atoms with Crippen molar-refractivity contribution in [3.8, 4) is 0 Å². The van der Waals surface area contributed by atoms with Crippen molar-refractivity contribution in [1.82, 2.24) is 0 Å². The van der Waals surface area contributed by atoms with Crippen LogP contribution in [0.25, 0.3) is 0 Å². The van der Waals surface area contributed by atoms with Gasteiger partial charge in [-0.2, -0.15) is 0 Å². The molecule has 0 aliphatic carbocycles. The van der Waals surface area contributed by atoms with Crippen LogP contribution in [0, 0.1) is 5.41 Å². The van der Waals surface area contributed by atoms with Crippen LogP contribution in [-0.2, 0) is 4.74 Å². The molecule has 0 atom stereocenters. The van der Waals surface area contributed by atoms with Crippen molar-refractivity contribution < 1.29 is 9.53 Å². The van der Waals surface area contributed by atoms with Crippen molar-refractivity contribution in [2.75, 3.05) is 6.61 Å². The van der Waals surface area contributed by atoms with Crippen molar-refractivity contribution in [3.05, 3.63) is 17.4 Å². The largest absolute Gasteiger partial charge is 0.449 e. The van der Waals surface area contributed by atoms with E-state index in [4.69, 9.17) is 10.5 Å². The highest BCUT2D eigenvalue weighted by Crippen LogP contribution is 2.25. The molecule has 3 nitrogen and oxygen atoms in total. The van der Waals surface area contributed by atoms with Gasteiger partial charge in [0, 0.05) is 5.41 Å². The monoisotopic (exact) mass is 239 g/mol. The first kappa shape index (κ1) is 15.8. The molecule has 0 unspecified atom stereocenters. The second kappa shape index (κ2) is 7.97. The van der Waals surface area contributed by atoms with Crippen molar-refractivity contribution in [3.63, 3.8) is 0 Å². The van der Waals surface area contributed by atoms with Gasteiger partial charge in [0.05, 0.1) is 0 Å². The SMILES string of the molecule is CCCCCC=C=C(C)C(C)(C)COC(N)=O. The van der Waals surface area contributed by atoms with E-state index in [2.05, 4.69) is 18.7 Å². The number of hydrogen-bond acceptors (Lipinski definition) is 2. The van der Waals surface area contributed by atoms with Crippen molar-refractivity contribution in [2.24, 2.45) is 11.1 Å². The zero-order chi connectivity index (χ0) is 13.3. The summed E-state index contributed by atoms with van der Waals surface area (Å²) in [6.07, 6.45) is 6.09. The second-order valence-corrected chi connectivity index (χ2v) is 4.96. The fourth-order valence-electron chi connectivity index (χ4n) is 1.28. The molecule has 0 rings (SSSR count). The van der Waals surface area contributed by atoms with Crippen LogP contribution in [0.5, 0.6) is 0 Å². The molecule has 0 saturated heterocycles. The number of ether oxygens (including phenoxy) is 1. The lowest BCUT2D eigenvalue weighted by Crippen LogP contribution is -2.25. The molecule has 0 aromatic heterocycles. The number of unbranched alkanes of at least 4 members (excludes halogenated alkanes) is 3. The molecule has 0 spiro atoms. The minimum absolute atomic E-state index is 0.212. The smallest absolute Gasteiger partial charge is 0.404 e. The van der Waals surface area contributed by atoms with Crippen LogP contribution in [0.3, 0.4) is 0 Å². The van der Waals surface area contributed by atoms with E-state index >= 15 is 0 Å². The van der Waals surface area contributed by atoms with Crippen LogP contribution in [0.4, 0.5) is 4.79 Å². The first-order valence-corrected chi connectivity index (χ1v) is 6.24. The Hall–Kier alpha value is -1.21. The van der Waals surface area contributed by atoms with E-state index in [0.717, 1.165) is 12.0 Å². The highest BCUT2D eigenvalue weighted by Gasteiger charge is 2.21. The number of amides is 1. The van der Waals surface area contributed by atoms with Gasteiger partial charge in [-0.1, -0.05) is 33.6 Å². The average Bonchev–Trinajstić information content (AvgIpc) is 2.26. The van der Waals surface area contributed by atoms with E-state index in [1.807, 2.05) is 20.8 Å². The fourth-order valence-corrected chi connectivity index (χ4v) is 1.28. The summed E-state index contributed by atoms with van der Waals surface area (Å²) < 4.78 is 4.84. The quantitative estimate of drug-likeness (QED) is 0.543. The highest BCUT2D eigenvalue weighted by molar-refractivity contribution is 5.64. The van der Waals surface area contributed by atoms with Gasteiger partial charge in [-0.05, 0) is 31.4 Å². The lowest BCUT2D eigenvalue weighted by molar-refractivity contribution is 0.121. The summed E-state index contributed by atoms with van der Waals surface area (Å²) in [6.45, 7) is 8.51. The molecule has 98 valence electrons. The normalized spacial score (nSPS) is 10.6. The van der Waals surface area contributed by atoms with Crippen LogP contribution in [0.1, 0.15) is 53.4 Å². The molecule has 0 aliphatic rings. The van der Waals surface area contributed by atoms with Gasteiger partial charge in [0.15, 0.2) is 0 Å². The Morgan fingerprint density at radius 2 is 2.06 bits per heavy atom. The van der Waals surface area contributed by atoms with Gasteiger partial charge in [-0.3, -0.25) is 0 Å².